The summed E-state index contributed by atoms with van der Waals surface area (Å²) in [5, 5.41) is 8.96. The van der Waals surface area contributed by atoms with Gasteiger partial charge in [0.05, 0.1) is 17.4 Å². The van der Waals surface area contributed by atoms with Crippen molar-refractivity contribution in [2.75, 3.05) is 5.73 Å². The first-order valence-electron chi connectivity index (χ1n) is 5.97. The Morgan fingerprint density at radius 1 is 1.29 bits per heavy atom. The number of ether oxygens (including phenoxy) is 1. The van der Waals surface area contributed by atoms with E-state index in [9.17, 15) is 4.79 Å². The van der Waals surface area contributed by atoms with E-state index in [-0.39, 0.29) is 17.4 Å². The smallest absolute Gasteiger partial charge is 0.337 e. The maximum absolute atomic E-state index is 10.9. The fraction of sp³-hybridized carbons (Fsp3) is 0.462. The summed E-state index contributed by atoms with van der Waals surface area (Å²) in [6, 6.07) is 4.89. The average molecular weight is 235 g/mol. The van der Waals surface area contributed by atoms with Crippen molar-refractivity contribution in [3.8, 4) is 5.75 Å². The highest BCUT2D eigenvalue weighted by atomic mass is 16.5. The summed E-state index contributed by atoms with van der Waals surface area (Å²) >= 11 is 0. The van der Waals surface area contributed by atoms with E-state index in [0.29, 0.717) is 5.75 Å². The predicted molar refractivity (Wildman–Crippen MR) is 65.3 cm³/mol. The summed E-state index contributed by atoms with van der Waals surface area (Å²) in [6.07, 6.45) is 5.82. The molecule has 0 amide bonds. The predicted octanol–water partition coefficient (Wildman–Crippen LogP) is 2.68. The van der Waals surface area contributed by atoms with Crippen LogP contribution >= 0.6 is 0 Å². The lowest BCUT2D eigenvalue weighted by Crippen LogP contribution is -2.20. The van der Waals surface area contributed by atoms with Crippen LogP contribution in [-0.4, -0.2) is 17.2 Å². The van der Waals surface area contributed by atoms with Crippen LogP contribution in [0.2, 0.25) is 0 Å². The summed E-state index contributed by atoms with van der Waals surface area (Å²) < 4.78 is 5.79. The Morgan fingerprint density at radius 2 is 2.00 bits per heavy atom. The Kier molecular flexibility index (Phi) is 3.52. The van der Waals surface area contributed by atoms with E-state index < -0.39 is 5.97 Å². The SMILES string of the molecule is Nc1c(OC2CCCCC2)cccc1C(=O)O. The number of aromatic carboxylic acids is 1. The average Bonchev–Trinajstić information content (AvgIpc) is 2.33. The Hall–Kier alpha value is -1.71. The Balaban J connectivity index is 2.15. The highest BCUT2D eigenvalue weighted by molar-refractivity contribution is 5.95. The van der Waals surface area contributed by atoms with Crippen LogP contribution in [0.1, 0.15) is 42.5 Å². The highest BCUT2D eigenvalue weighted by Crippen LogP contribution is 2.29. The lowest BCUT2D eigenvalue weighted by molar-refractivity contribution is 0.0697. The number of hydrogen-bond donors (Lipinski definition) is 2. The fourth-order valence-electron chi connectivity index (χ4n) is 2.20. The van der Waals surface area contributed by atoms with E-state index in [2.05, 4.69) is 0 Å². The number of carbonyl (C=O) groups is 1. The van der Waals surface area contributed by atoms with Crippen LogP contribution in [0.15, 0.2) is 18.2 Å². The zero-order valence-corrected chi connectivity index (χ0v) is 9.69. The van der Waals surface area contributed by atoms with E-state index in [1.165, 1.54) is 25.3 Å². The van der Waals surface area contributed by atoms with Crippen LogP contribution < -0.4 is 10.5 Å². The van der Waals surface area contributed by atoms with Gasteiger partial charge in [0.2, 0.25) is 0 Å². The molecule has 2 rings (SSSR count). The first-order chi connectivity index (χ1) is 8.18. The molecule has 0 aliphatic heterocycles. The van der Waals surface area contributed by atoms with E-state index in [1.807, 2.05) is 0 Å². The van der Waals surface area contributed by atoms with Crippen molar-refractivity contribution in [2.24, 2.45) is 0 Å². The van der Waals surface area contributed by atoms with Crippen LogP contribution in [0.5, 0.6) is 5.75 Å². The second-order valence-corrected chi connectivity index (χ2v) is 4.40. The summed E-state index contributed by atoms with van der Waals surface area (Å²) in [6.45, 7) is 0. The molecule has 1 aromatic carbocycles. The van der Waals surface area contributed by atoms with Crippen LogP contribution in [-0.2, 0) is 0 Å². The number of benzene rings is 1. The molecule has 0 heterocycles. The number of rotatable bonds is 3. The van der Waals surface area contributed by atoms with E-state index in [4.69, 9.17) is 15.6 Å². The number of carboxylic acids is 1. The second kappa shape index (κ2) is 5.08. The van der Waals surface area contributed by atoms with Crippen LogP contribution in [0.25, 0.3) is 0 Å². The fourth-order valence-corrected chi connectivity index (χ4v) is 2.20. The van der Waals surface area contributed by atoms with Gasteiger partial charge in [-0.15, -0.1) is 0 Å². The zero-order chi connectivity index (χ0) is 12.3. The molecule has 4 heteroatoms. The molecular weight excluding hydrogens is 218 g/mol. The van der Waals surface area contributed by atoms with Crippen molar-refractivity contribution in [3.05, 3.63) is 23.8 Å². The van der Waals surface area contributed by atoms with Gasteiger partial charge in [-0.3, -0.25) is 0 Å². The van der Waals surface area contributed by atoms with Gasteiger partial charge in [0.15, 0.2) is 0 Å². The minimum absolute atomic E-state index is 0.110. The molecule has 1 aliphatic rings. The number of anilines is 1. The molecule has 0 radical (unpaired) electrons. The second-order valence-electron chi connectivity index (χ2n) is 4.40. The summed E-state index contributed by atoms with van der Waals surface area (Å²) in [4.78, 5) is 10.9. The van der Waals surface area contributed by atoms with Crippen molar-refractivity contribution < 1.29 is 14.6 Å². The third-order valence-electron chi connectivity index (χ3n) is 3.14. The maximum Gasteiger partial charge on any atom is 0.337 e. The highest BCUT2D eigenvalue weighted by Gasteiger charge is 2.18. The largest absolute Gasteiger partial charge is 0.488 e. The molecule has 92 valence electrons. The van der Waals surface area contributed by atoms with Crippen molar-refractivity contribution >= 4 is 11.7 Å². The van der Waals surface area contributed by atoms with E-state index >= 15 is 0 Å². The Morgan fingerprint density at radius 3 is 2.65 bits per heavy atom. The normalized spacial score (nSPS) is 16.7. The van der Waals surface area contributed by atoms with Gasteiger partial charge in [-0.25, -0.2) is 4.79 Å². The van der Waals surface area contributed by atoms with Crippen molar-refractivity contribution in [1.82, 2.24) is 0 Å². The molecule has 0 spiro atoms. The first kappa shape index (κ1) is 11.8. The molecule has 3 N–H and O–H groups in total. The molecule has 4 nitrogen and oxygen atoms in total. The van der Waals surface area contributed by atoms with Gasteiger partial charge < -0.3 is 15.6 Å². The van der Waals surface area contributed by atoms with Crippen LogP contribution in [0.3, 0.4) is 0 Å². The van der Waals surface area contributed by atoms with Gasteiger partial charge >= 0.3 is 5.97 Å². The van der Waals surface area contributed by atoms with Gasteiger partial charge in [-0.05, 0) is 37.8 Å². The van der Waals surface area contributed by atoms with Gasteiger partial charge in [0.25, 0.3) is 0 Å². The molecule has 0 unspecified atom stereocenters. The Bertz CT molecular complexity index is 411. The molecule has 0 aromatic heterocycles. The number of nitrogen functional groups attached to an aromatic ring is 1. The molecule has 1 aromatic rings. The molecular formula is C13H17NO3. The van der Waals surface area contributed by atoms with Gasteiger partial charge in [-0.2, -0.15) is 0 Å². The summed E-state index contributed by atoms with van der Waals surface area (Å²) in [5.74, 6) is -0.520. The van der Waals surface area contributed by atoms with E-state index in [0.717, 1.165) is 12.8 Å². The monoisotopic (exact) mass is 235 g/mol. The molecule has 1 fully saturated rings. The molecule has 0 bridgehead atoms. The molecule has 0 saturated heterocycles. The molecule has 0 atom stereocenters. The molecule has 1 aliphatic carbocycles. The Labute approximate surface area is 100 Å². The lowest BCUT2D eigenvalue weighted by Gasteiger charge is -2.23. The third kappa shape index (κ3) is 2.70. The van der Waals surface area contributed by atoms with Crippen LogP contribution in [0.4, 0.5) is 5.69 Å². The number of hydrogen-bond acceptors (Lipinski definition) is 3. The number of nitrogens with two attached hydrogens (primary N) is 1. The van der Waals surface area contributed by atoms with Crippen LogP contribution in [0, 0.1) is 0 Å². The van der Waals surface area contributed by atoms with Gasteiger partial charge in [-0.1, -0.05) is 12.5 Å². The lowest BCUT2D eigenvalue weighted by atomic mass is 9.98. The first-order valence-corrected chi connectivity index (χ1v) is 5.97. The minimum Gasteiger partial charge on any atom is -0.488 e. The molecule has 17 heavy (non-hydrogen) atoms. The standard InChI is InChI=1S/C13H17NO3/c14-12-10(13(15)16)7-4-8-11(12)17-9-5-2-1-3-6-9/h4,7-9H,1-3,5-6,14H2,(H,15,16). The topological polar surface area (TPSA) is 72.5 Å². The zero-order valence-electron chi connectivity index (χ0n) is 9.69. The summed E-state index contributed by atoms with van der Waals surface area (Å²) in [7, 11) is 0. The minimum atomic E-state index is -1.02. The van der Waals surface area contributed by atoms with Gasteiger partial charge in [0, 0.05) is 0 Å². The van der Waals surface area contributed by atoms with E-state index in [1.54, 1.807) is 12.1 Å². The summed E-state index contributed by atoms with van der Waals surface area (Å²) in [5.41, 5.74) is 6.13. The number of para-hydroxylation sites is 1. The molecule has 1 saturated carbocycles. The van der Waals surface area contributed by atoms with Crippen molar-refractivity contribution in [2.45, 2.75) is 38.2 Å². The number of carboxylic acid groups (broad SMARTS) is 1. The van der Waals surface area contributed by atoms with Crippen molar-refractivity contribution in [3.63, 3.8) is 0 Å². The maximum atomic E-state index is 10.9. The third-order valence-corrected chi connectivity index (χ3v) is 3.14. The van der Waals surface area contributed by atoms with Crippen molar-refractivity contribution in [1.29, 1.82) is 0 Å². The quantitative estimate of drug-likeness (QED) is 0.790. The van der Waals surface area contributed by atoms with Gasteiger partial charge in [0.1, 0.15) is 5.75 Å².